The zero-order valence-corrected chi connectivity index (χ0v) is 14.4. The SMILES string of the molecule is C=CCOc1ccc(/C=C/C(=O)NC2CCCCCC2)cc1OC. The van der Waals surface area contributed by atoms with Gasteiger partial charge in [-0.1, -0.05) is 44.4 Å². The molecule has 1 amide bonds. The van der Waals surface area contributed by atoms with Crippen LogP contribution in [0.3, 0.4) is 0 Å². The van der Waals surface area contributed by atoms with Gasteiger partial charge in [0, 0.05) is 12.1 Å². The highest BCUT2D eigenvalue weighted by Gasteiger charge is 2.13. The van der Waals surface area contributed by atoms with Gasteiger partial charge in [-0.3, -0.25) is 4.79 Å². The molecule has 130 valence electrons. The molecular formula is C20H27NO3. The second-order valence-corrected chi connectivity index (χ2v) is 6.04. The molecule has 4 heteroatoms. The molecule has 1 saturated carbocycles. The molecule has 0 bridgehead atoms. The summed E-state index contributed by atoms with van der Waals surface area (Å²) in [5, 5.41) is 3.10. The van der Waals surface area contributed by atoms with E-state index >= 15 is 0 Å². The molecule has 0 aliphatic heterocycles. The van der Waals surface area contributed by atoms with Gasteiger partial charge in [-0.2, -0.15) is 0 Å². The zero-order valence-electron chi connectivity index (χ0n) is 14.4. The number of hydrogen-bond acceptors (Lipinski definition) is 3. The van der Waals surface area contributed by atoms with Crippen LogP contribution in [-0.4, -0.2) is 25.7 Å². The summed E-state index contributed by atoms with van der Waals surface area (Å²) in [6.07, 6.45) is 12.2. The van der Waals surface area contributed by atoms with E-state index in [4.69, 9.17) is 9.47 Å². The smallest absolute Gasteiger partial charge is 0.244 e. The predicted molar refractivity (Wildman–Crippen MR) is 97.4 cm³/mol. The monoisotopic (exact) mass is 329 g/mol. The summed E-state index contributed by atoms with van der Waals surface area (Å²) in [7, 11) is 1.60. The van der Waals surface area contributed by atoms with Gasteiger partial charge in [-0.05, 0) is 36.6 Å². The Hall–Kier alpha value is -2.23. The van der Waals surface area contributed by atoms with Crippen LogP contribution in [0.15, 0.2) is 36.9 Å². The zero-order chi connectivity index (χ0) is 17.2. The first-order valence-electron chi connectivity index (χ1n) is 8.63. The second-order valence-electron chi connectivity index (χ2n) is 6.04. The van der Waals surface area contributed by atoms with Crippen LogP contribution in [0.25, 0.3) is 6.08 Å². The first-order chi connectivity index (χ1) is 11.7. The molecule has 1 N–H and O–H groups in total. The van der Waals surface area contributed by atoms with Gasteiger partial charge in [0.05, 0.1) is 7.11 Å². The van der Waals surface area contributed by atoms with Gasteiger partial charge in [0.2, 0.25) is 5.91 Å². The summed E-state index contributed by atoms with van der Waals surface area (Å²) in [6, 6.07) is 5.91. The molecule has 4 nitrogen and oxygen atoms in total. The average molecular weight is 329 g/mol. The van der Waals surface area contributed by atoms with Gasteiger partial charge in [0.15, 0.2) is 11.5 Å². The molecule has 0 atom stereocenters. The van der Waals surface area contributed by atoms with E-state index in [0.717, 1.165) is 18.4 Å². The summed E-state index contributed by atoms with van der Waals surface area (Å²) in [6.45, 7) is 4.06. The molecule has 1 aliphatic carbocycles. The molecule has 0 unspecified atom stereocenters. The highest BCUT2D eigenvalue weighted by molar-refractivity contribution is 5.92. The molecule has 1 aromatic carbocycles. The Morgan fingerprint density at radius 1 is 1.25 bits per heavy atom. The Bertz CT molecular complexity index is 572. The number of carbonyl (C=O) groups excluding carboxylic acids is 1. The van der Waals surface area contributed by atoms with Crippen LogP contribution in [0.2, 0.25) is 0 Å². The number of amides is 1. The van der Waals surface area contributed by atoms with Gasteiger partial charge >= 0.3 is 0 Å². The molecule has 2 rings (SSSR count). The van der Waals surface area contributed by atoms with Crippen molar-refractivity contribution >= 4 is 12.0 Å². The topological polar surface area (TPSA) is 47.6 Å². The molecule has 0 heterocycles. The van der Waals surface area contributed by atoms with Crippen LogP contribution in [0, 0.1) is 0 Å². The molecule has 0 saturated heterocycles. The first kappa shape index (κ1) is 18.1. The summed E-state index contributed by atoms with van der Waals surface area (Å²) in [4.78, 5) is 12.1. The molecule has 1 aromatic rings. The third-order valence-corrected chi connectivity index (χ3v) is 4.17. The summed E-state index contributed by atoms with van der Waals surface area (Å²) in [5.74, 6) is 1.27. The van der Waals surface area contributed by atoms with Gasteiger partial charge in [-0.25, -0.2) is 0 Å². The Balaban J connectivity index is 1.94. The Kier molecular flexibility index (Phi) is 7.40. The molecule has 0 aromatic heterocycles. The minimum absolute atomic E-state index is 0.0344. The quantitative estimate of drug-likeness (QED) is 0.465. The van der Waals surface area contributed by atoms with Gasteiger partial charge < -0.3 is 14.8 Å². The summed E-state index contributed by atoms with van der Waals surface area (Å²) >= 11 is 0. The number of hydrogen-bond donors (Lipinski definition) is 1. The molecule has 24 heavy (non-hydrogen) atoms. The average Bonchev–Trinajstić information content (AvgIpc) is 2.87. The molecule has 1 aliphatic rings. The van der Waals surface area contributed by atoms with E-state index in [9.17, 15) is 4.79 Å². The van der Waals surface area contributed by atoms with E-state index in [1.54, 1.807) is 25.3 Å². The minimum atomic E-state index is -0.0344. The van der Waals surface area contributed by atoms with Crippen LogP contribution in [0.1, 0.15) is 44.1 Å². The number of rotatable bonds is 7. The van der Waals surface area contributed by atoms with Crippen LogP contribution >= 0.6 is 0 Å². The lowest BCUT2D eigenvalue weighted by Crippen LogP contribution is -2.33. The number of ether oxygens (including phenoxy) is 2. The third-order valence-electron chi connectivity index (χ3n) is 4.17. The largest absolute Gasteiger partial charge is 0.493 e. The fourth-order valence-electron chi connectivity index (χ4n) is 2.90. The van der Waals surface area contributed by atoms with Crippen LogP contribution in [0.4, 0.5) is 0 Å². The fourth-order valence-corrected chi connectivity index (χ4v) is 2.90. The first-order valence-corrected chi connectivity index (χ1v) is 8.63. The predicted octanol–water partition coefficient (Wildman–Crippen LogP) is 4.11. The highest BCUT2D eigenvalue weighted by Crippen LogP contribution is 2.28. The maximum atomic E-state index is 12.1. The highest BCUT2D eigenvalue weighted by atomic mass is 16.5. The van der Waals surface area contributed by atoms with E-state index in [1.165, 1.54) is 25.7 Å². The van der Waals surface area contributed by atoms with Crippen molar-refractivity contribution in [2.45, 2.75) is 44.6 Å². The van der Waals surface area contributed by atoms with Crippen molar-refractivity contribution in [1.82, 2.24) is 5.32 Å². The van der Waals surface area contributed by atoms with Crippen molar-refractivity contribution < 1.29 is 14.3 Å². The molecule has 0 radical (unpaired) electrons. The lowest BCUT2D eigenvalue weighted by atomic mass is 10.1. The van der Waals surface area contributed by atoms with Crippen LogP contribution < -0.4 is 14.8 Å². The Morgan fingerprint density at radius 2 is 2.00 bits per heavy atom. The lowest BCUT2D eigenvalue weighted by molar-refractivity contribution is -0.117. The van der Waals surface area contributed by atoms with Gasteiger partial charge in [-0.15, -0.1) is 0 Å². The van der Waals surface area contributed by atoms with Crippen molar-refractivity contribution in [3.8, 4) is 11.5 Å². The van der Waals surface area contributed by atoms with E-state index in [0.29, 0.717) is 24.1 Å². The van der Waals surface area contributed by atoms with Crippen molar-refractivity contribution in [3.63, 3.8) is 0 Å². The van der Waals surface area contributed by atoms with E-state index in [1.807, 2.05) is 18.2 Å². The van der Waals surface area contributed by atoms with Crippen molar-refractivity contribution in [2.75, 3.05) is 13.7 Å². The maximum Gasteiger partial charge on any atom is 0.244 e. The van der Waals surface area contributed by atoms with Crippen LogP contribution in [-0.2, 0) is 4.79 Å². The normalized spacial score (nSPS) is 15.7. The number of carbonyl (C=O) groups is 1. The molecule has 1 fully saturated rings. The Morgan fingerprint density at radius 3 is 2.67 bits per heavy atom. The summed E-state index contributed by atoms with van der Waals surface area (Å²) in [5.41, 5.74) is 0.897. The maximum absolute atomic E-state index is 12.1. The fraction of sp³-hybridized carbons (Fsp3) is 0.450. The second kappa shape index (κ2) is 9.81. The standard InChI is InChI=1S/C20H27NO3/c1-3-14-24-18-12-10-16(15-19(18)23-2)11-13-20(22)21-17-8-6-4-5-7-9-17/h3,10-13,15,17H,1,4-9,14H2,2H3,(H,21,22)/b13-11+. The Labute approximate surface area is 144 Å². The van der Waals surface area contributed by atoms with E-state index in [-0.39, 0.29) is 5.91 Å². The van der Waals surface area contributed by atoms with Crippen molar-refractivity contribution in [2.24, 2.45) is 0 Å². The van der Waals surface area contributed by atoms with E-state index in [2.05, 4.69) is 11.9 Å². The van der Waals surface area contributed by atoms with E-state index < -0.39 is 0 Å². The van der Waals surface area contributed by atoms with Crippen LogP contribution in [0.5, 0.6) is 11.5 Å². The third kappa shape index (κ3) is 5.76. The van der Waals surface area contributed by atoms with Gasteiger partial charge in [0.25, 0.3) is 0 Å². The lowest BCUT2D eigenvalue weighted by Gasteiger charge is -2.14. The minimum Gasteiger partial charge on any atom is -0.493 e. The number of benzene rings is 1. The summed E-state index contributed by atoms with van der Waals surface area (Å²) < 4.78 is 10.9. The number of methoxy groups -OCH3 is 1. The van der Waals surface area contributed by atoms with Crippen molar-refractivity contribution in [3.05, 3.63) is 42.5 Å². The molecular weight excluding hydrogens is 302 g/mol. The number of nitrogens with one attached hydrogen (secondary N) is 1. The van der Waals surface area contributed by atoms with Gasteiger partial charge in [0.1, 0.15) is 6.61 Å². The van der Waals surface area contributed by atoms with Crippen molar-refractivity contribution in [1.29, 1.82) is 0 Å². The molecule has 0 spiro atoms.